The molecule has 0 radical (unpaired) electrons. The number of nitrogens with one attached hydrogen (secondary N) is 3. The number of Topliss-reactive ketones (excluding diaryl/α,β-unsaturated/α-hetero) is 4. The van der Waals surface area contributed by atoms with Gasteiger partial charge >= 0.3 is 5.97 Å². The third kappa shape index (κ3) is 5.27. The van der Waals surface area contributed by atoms with Gasteiger partial charge in [-0.25, -0.2) is 9.78 Å². The van der Waals surface area contributed by atoms with Gasteiger partial charge in [0, 0.05) is 30.7 Å². The molecule has 0 saturated carbocycles. The largest absolute Gasteiger partial charge is 0.479 e. The summed E-state index contributed by atoms with van der Waals surface area (Å²) in [6, 6.07) is -3.84. The van der Waals surface area contributed by atoms with Crippen LogP contribution in [0.15, 0.2) is 12.5 Å². The number of aromatic amines is 1. The Morgan fingerprint density at radius 3 is 2.36 bits per heavy atom. The molecule has 15 nitrogen and oxygen atoms in total. The van der Waals surface area contributed by atoms with Gasteiger partial charge in [-0.2, -0.15) is 0 Å². The average molecular weight is 549 g/mol. The molecule has 0 spiro atoms. The molecule has 2 aliphatic rings. The predicted octanol–water partition coefficient (Wildman–Crippen LogP) is -3.72. The fraction of sp³-hybridized carbons (Fsp3) is 0.625. The molecule has 2 aliphatic heterocycles. The second kappa shape index (κ2) is 12.2. The zero-order valence-electron chi connectivity index (χ0n) is 21.5. The van der Waals surface area contributed by atoms with Crippen LogP contribution in [0.3, 0.4) is 0 Å². The Hall–Kier alpha value is -3.37. The van der Waals surface area contributed by atoms with Crippen LogP contribution in [0, 0.1) is 11.3 Å². The molecule has 1 amide bonds. The average Bonchev–Trinajstić information content (AvgIpc) is 3.70. The second-order valence-corrected chi connectivity index (χ2v) is 10.0. The number of amides is 1. The highest BCUT2D eigenvalue weighted by Crippen LogP contribution is 2.46. The topological polar surface area (TPSA) is 279 Å². The Bertz CT molecular complexity index is 1120. The smallest absolute Gasteiger partial charge is 0.333 e. The first-order valence-electron chi connectivity index (χ1n) is 12.8. The molecule has 0 bridgehead atoms. The Balaban J connectivity index is 2.35. The first-order valence-corrected chi connectivity index (χ1v) is 12.8. The van der Waals surface area contributed by atoms with Crippen molar-refractivity contribution in [1.29, 1.82) is 0 Å². The van der Waals surface area contributed by atoms with Crippen molar-refractivity contribution in [3.63, 3.8) is 0 Å². The molecule has 39 heavy (non-hydrogen) atoms. The van der Waals surface area contributed by atoms with Gasteiger partial charge in [0.15, 0.2) is 28.7 Å². The molecule has 3 rings (SSSR count). The highest BCUT2D eigenvalue weighted by molar-refractivity contribution is 6.26. The Morgan fingerprint density at radius 1 is 1.15 bits per heavy atom. The van der Waals surface area contributed by atoms with Gasteiger partial charge in [0.2, 0.25) is 5.91 Å². The van der Waals surface area contributed by atoms with Gasteiger partial charge in [0.1, 0.15) is 5.41 Å². The van der Waals surface area contributed by atoms with Crippen LogP contribution >= 0.6 is 0 Å². The first kappa shape index (κ1) is 30.2. The fourth-order valence-corrected chi connectivity index (χ4v) is 5.81. The highest BCUT2D eigenvalue weighted by atomic mass is 16.4. The van der Waals surface area contributed by atoms with Crippen molar-refractivity contribution in [2.75, 3.05) is 19.6 Å². The van der Waals surface area contributed by atoms with Crippen LogP contribution in [-0.2, 0) is 35.2 Å². The number of carboxylic acids is 1. The van der Waals surface area contributed by atoms with E-state index in [1.165, 1.54) is 12.5 Å². The molecule has 1 aromatic rings. The highest BCUT2D eigenvalue weighted by Gasteiger charge is 2.72. The van der Waals surface area contributed by atoms with Crippen LogP contribution in [0.25, 0.3) is 0 Å². The number of ketones is 4. The number of carbonyl (C=O) groups excluding carboxylic acids is 5. The summed E-state index contributed by atoms with van der Waals surface area (Å²) in [6.45, 7) is -0.854. The lowest BCUT2D eigenvalue weighted by Crippen LogP contribution is -2.79. The number of nitrogens with two attached hydrogens (primary N) is 4. The van der Waals surface area contributed by atoms with Crippen molar-refractivity contribution in [2.24, 2.45) is 34.3 Å². The van der Waals surface area contributed by atoms with E-state index in [4.69, 9.17) is 22.9 Å². The molecule has 12 N–H and O–H groups in total. The summed E-state index contributed by atoms with van der Waals surface area (Å²) in [5, 5.41) is 15.9. The summed E-state index contributed by atoms with van der Waals surface area (Å²) in [4.78, 5) is 88.0. The molecule has 2 saturated heterocycles. The number of nitrogens with zero attached hydrogens (tertiary/aromatic N) is 1. The van der Waals surface area contributed by atoms with E-state index < -0.39 is 83.0 Å². The van der Waals surface area contributed by atoms with Crippen molar-refractivity contribution in [2.45, 2.75) is 62.2 Å². The summed E-state index contributed by atoms with van der Waals surface area (Å²) in [5.74, 6) is -8.69. The standard InChI is InChI=1S/C24H36N8O7/c25-6-5-13(19(35)15-3-4-18(34)32-15)23(21(37)16-2-1-7-30-16,24(28,22(38)39)17(33)9-26)20(36)14(27)8-12-10-29-11-31-12/h10-11,13-16,30H,1-9,25-28H2,(H,29,31)(H,32,34)(H,38,39)/t13-,14-,15-,16-,23-,24-/m0/s1. The molecule has 0 unspecified atom stereocenters. The molecule has 15 heteroatoms. The number of hydrogen-bond acceptors (Lipinski definition) is 12. The van der Waals surface area contributed by atoms with Gasteiger partial charge in [-0.05, 0) is 38.8 Å². The van der Waals surface area contributed by atoms with Gasteiger partial charge in [-0.3, -0.25) is 24.0 Å². The number of hydrogen-bond donors (Lipinski definition) is 8. The normalized spacial score (nSPS) is 23.7. The Kier molecular flexibility index (Phi) is 9.45. The minimum absolute atomic E-state index is 0.00140. The Morgan fingerprint density at radius 2 is 1.87 bits per heavy atom. The zero-order valence-corrected chi connectivity index (χ0v) is 21.5. The van der Waals surface area contributed by atoms with Gasteiger partial charge < -0.3 is 43.7 Å². The van der Waals surface area contributed by atoms with Crippen LogP contribution in [0.2, 0.25) is 0 Å². The number of rotatable bonds is 15. The molecule has 2 fully saturated rings. The van der Waals surface area contributed by atoms with Crippen molar-refractivity contribution in [1.82, 2.24) is 20.6 Å². The van der Waals surface area contributed by atoms with Crippen LogP contribution in [0.5, 0.6) is 0 Å². The number of carbonyl (C=O) groups is 6. The van der Waals surface area contributed by atoms with E-state index in [-0.39, 0.29) is 32.2 Å². The number of aromatic nitrogens is 2. The molecule has 0 aromatic carbocycles. The summed E-state index contributed by atoms with van der Waals surface area (Å²) in [7, 11) is 0. The number of H-pyrrole nitrogens is 1. The third-order valence-electron chi connectivity index (χ3n) is 7.73. The lowest BCUT2D eigenvalue weighted by molar-refractivity contribution is -0.172. The molecule has 214 valence electrons. The molecular weight excluding hydrogens is 512 g/mol. The SMILES string of the molecule is NCC[C@@H](C(=O)[C@@H]1CCC(=O)N1)[C@@](C(=O)[C@@H]1CCCN1)(C(=O)[C@@H](N)Cc1cnc[nH]1)[C@@](N)(C(=O)O)C(=O)CN. The fourth-order valence-electron chi connectivity index (χ4n) is 5.81. The van der Waals surface area contributed by atoms with Gasteiger partial charge in [0.25, 0.3) is 0 Å². The van der Waals surface area contributed by atoms with E-state index in [0.717, 1.165) is 0 Å². The van der Waals surface area contributed by atoms with E-state index in [0.29, 0.717) is 18.7 Å². The minimum Gasteiger partial charge on any atom is -0.479 e. The van der Waals surface area contributed by atoms with E-state index in [2.05, 4.69) is 20.6 Å². The summed E-state index contributed by atoms with van der Waals surface area (Å²) in [5.41, 5.74) is 18.2. The molecule has 0 aliphatic carbocycles. The maximum absolute atomic E-state index is 14.5. The molecule has 3 heterocycles. The summed E-state index contributed by atoms with van der Waals surface area (Å²) < 4.78 is 0. The van der Waals surface area contributed by atoms with Crippen LogP contribution in [-0.4, -0.2) is 93.4 Å². The van der Waals surface area contributed by atoms with Crippen LogP contribution in [0.1, 0.15) is 37.8 Å². The van der Waals surface area contributed by atoms with Crippen molar-refractivity contribution < 1.29 is 33.9 Å². The number of aliphatic carboxylic acids is 1. The predicted molar refractivity (Wildman–Crippen MR) is 136 cm³/mol. The van der Waals surface area contributed by atoms with E-state index in [1.54, 1.807) is 0 Å². The summed E-state index contributed by atoms with van der Waals surface area (Å²) >= 11 is 0. The zero-order chi connectivity index (χ0) is 29.0. The van der Waals surface area contributed by atoms with Crippen molar-refractivity contribution >= 4 is 35.0 Å². The van der Waals surface area contributed by atoms with Gasteiger partial charge in [-0.15, -0.1) is 0 Å². The Labute approximate surface area is 224 Å². The lowest BCUT2D eigenvalue weighted by Gasteiger charge is -2.48. The van der Waals surface area contributed by atoms with E-state index >= 15 is 0 Å². The van der Waals surface area contributed by atoms with Gasteiger partial charge in [-0.1, -0.05) is 0 Å². The van der Waals surface area contributed by atoms with E-state index in [9.17, 15) is 33.9 Å². The molecule has 6 atom stereocenters. The second-order valence-electron chi connectivity index (χ2n) is 10.0. The maximum Gasteiger partial charge on any atom is 0.333 e. The van der Waals surface area contributed by atoms with Crippen LogP contribution in [0.4, 0.5) is 0 Å². The quantitative estimate of drug-likeness (QED) is 0.0980. The number of imidazole rings is 1. The van der Waals surface area contributed by atoms with Crippen molar-refractivity contribution in [3.05, 3.63) is 18.2 Å². The van der Waals surface area contributed by atoms with E-state index in [1.807, 2.05) is 0 Å². The molecular formula is C24H36N8O7. The summed E-state index contributed by atoms with van der Waals surface area (Å²) in [6.07, 6.45) is 2.82. The maximum atomic E-state index is 14.5. The molecule has 1 aromatic heterocycles. The van der Waals surface area contributed by atoms with Gasteiger partial charge in [0.05, 0.1) is 31.0 Å². The lowest BCUT2D eigenvalue weighted by atomic mass is 9.51. The third-order valence-corrected chi connectivity index (χ3v) is 7.73. The van der Waals surface area contributed by atoms with Crippen molar-refractivity contribution in [3.8, 4) is 0 Å². The number of carboxylic acid groups (broad SMARTS) is 1. The minimum atomic E-state index is -3.27. The first-order chi connectivity index (χ1) is 18.5. The van der Waals surface area contributed by atoms with Crippen LogP contribution < -0.4 is 33.6 Å². The monoisotopic (exact) mass is 548 g/mol.